The molecule has 0 amide bonds. The van der Waals surface area contributed by atoms with Crippen LogP contribution in [0.25, 0.3) is 0 Å². The molecule has 0 fully saturated rings. The number of carbonyl (C=O) groups is 1. The molecule has 0 radical (unpaired) electrons. The number of ketones is 1. The average molecular weight is 437 g/mol. The van der Waals surface area contributed by atoms with Gasteiger partial charge in [0.05, 0.1) is 0 Å². The number of phenolic OH excluding ortho intramolecular Hbond substituents is 2. The largest absolute Gasteiger partial charge is 0.508 e. The van der Waals surface area contributed by atoms with E-state index >= 15 is 0 Å². The van der Waals surface area contributed by atoms with Gasteiger partial charge in [0.25, 0.3) is 0 Å². The molecule has 2 aliphatic heterocycles. The number of ether oxygens (including phenoxy) is 3. The first kappa shape index (κ1) is 20.0. The number of benzene rings is 2. The molecule has 4 unspecified atom stereocenters. The van der Waals surface area contributed by atoms with Crippen LogP contribution in [-0.4, -0.2) is 38.3 Å². The van der Waals surface area contributed by atoms with Gasteiger partial charge in [-0.05, 0) is 30.7 Å². The summed E-state index contributed by atoms with van der Waals surface area (Å²) in [6, 6.07) is 10.2. The van der Waals surface area contributed by atoms with Crippen molar-refractivity contribution < 1.29 is 34.3 Å². The number of pyridine rings is 1. The fourth-order valence-electron chi connectivity index (χ4n) is 3.99. The Morgan fingerprint density at radius 3 is 2.34 bits per heavy atom. The molecular formula is C23H19NO8. The molecule has 3 heterocycles. The highest BCUT2D eigenvalue weighted by atomic mass is 16.6. The Balaban J connectivity index is 1.49. The van der Waals surface area contributed by atoms with Gasteiger partial charge in [-0.3, -0.25) is 9.59 Å². The maximum absolute atomic E-state index is 12.7. The average Bonchev–Trinajstić information content (AvgIpc) is 2.75. The van der Waals surface area contributed by atoms with Crippen LogP contribution in [0.2, 0.25) is 0 Å². The standard InChI is InChI=1S/C23H19NO8/c1-10-22(12-3-5-18(27)24-9-12)31-16-6-11(2-4-15(16)30-10)23-21(29)20(28)19-14(26)7-13(25)8-17(19)32-23/h2-10,21-23,25-26,29H,1H3,(H,24,27). The normalized spacial score (nSPS) is 23.9. The van der Waals surface area contributed by atoms with Crippen LogP contribution in [0.5, 0.6) is 28.7 Å². The third kappa shape index (κ3) is 3.23. The van der Waals surface area contributed by atoms with Crippen molar-refractivity contribution in [2.45, 2.75) is 31.3 Å². The summed E-state index contributed by atoms with van der Waals surface area (Å²) in [4.78, 5) is 26.7. The van der Waals surface area contributed by atoms with E-state index in [1.807, 2.05) is 6.92 Å². The minimum absolute atomic E-state index is 0.0302. The number of fused-ring (bicyclic) bond motifs is 2. The molecule has 2 aliphatic rings. The van der Waals surface area contributed by atoms with E-state index in [4.69, 9.17) is 14.2 Å². The summed E-state index contributed by atoms with van der Waals surface area (Å²) in [5.74, 6) is -0.633. The summed E-state index contributed by atoms with van der Waals surface area (Å²) in [5, 5.41) is 30.3. The first-order chi connectivity index (χ1) is 15.3. The van der Waals surface area contributed by atoms with E-state index in [1.165, 1.54) is 12.1 Å². The summed E-state index contributed by atoms with van der Waals surface area (Å²) < 4.78 is 17.8. The van der Waals surface area contributed by atoms with Gasteiger partial charge >= 0.3 is 0 Å². The fraction of sp³-hybridized carbons (Fsp3) is 0.217. The number of carbonyl (C=O) groups excluding carboxylic acids is 1. The van der Waals surface area contributed by atoms with Gasteiger partial charge in [0.1, 0.15) is 28.9 Å². The highest BCUT2D eigenvalue weighted by Gasteiger charge is 2.40. The number of aromatic hydroxyl groups is 2. The first-order valence-corrected chi connectivity index (χ1v) is 9.92. The zero-order valence-corrected chi connectivity index (χ0v) is 16.8. The number of Topliss-reactive ketones (excluding diaryl/α,β-unsaturated/α-hetero) is 1. The van der Waals surface area contributed by atoms with Gasteiger partial charge in [-0.2, -0.15) is 0 Å². The van der Waals surface area contributed by atoms with E-state index in [-0.39, 0.29) is 28.7 Å². The fourth-order valence-corrected chi connectivity index (χ4v) is 3.99. The van der Waals surface area contributed by atoms with E-state index < -0.39 is 29.8 Å². The van der Waals surface area contributed by atoms with Gasteiger partial charge < -0.3 is 34.5 Å². The molecule has 2 aromatic carbocycles. The molecule has 9 nitrogen and oxygen atoms in total. The minimum atomic E-state index is -1.57. The molecule has 4 N–H and O–H groups in total. The Morgan fingerprint density at radius 1 is 0.844 bits per heavy atom. The Hall–Kier alpha value is -3.98. The van der Waals surface area contributed by atoms with Crippen molar-refractivity contribution in [3.8, 4) is 28.7 Å². The van der Waals surface area contributed by atoms with E-state index in [9.17, 15) is 24.9 Å². The second-order valence-corrected chi connectivity index (χ2v) is 7.74. The van der Waals surface area contributed by atoms with Crippen molar-refractivity contribution in [2.75, 3.05) is 0 Å². The van der Waals surface area contributed by atoms with Gasteiger partial charge in [0.15, 0.2) is 29.8 Å². The molecule has 0 aliphatic carbocycles. The lowest BCUT2D eigenvalue weighted by Crippen LogP contribution is -2.36. The smallest absolute Gasteiger partial charge is 0.247 e. The number of rotatable bonds is 2. The van der Waals surface area contributed by atoms with Crippen molar-refractivity contribution in [3.05, 3.63) is 75.7 Å². The predicted octanol–water partition coefficient (Wildman–Crippen LogP) is 2.36. The Labute approximate surface area is 181 Å². The summed E-state index contributed by atoms with van der Waals surface area (Å²) in [6.45, 7) is 1.84. The van der Waals surface area contributed by atoms with Gasteiger partial charge in [-0.1, -0.05) is 6.07 Å². The molecule has 3 aromatic rings. The van der Waals surface area contributed by atoms with Crippen molar-refractivity contribution in [1.82, 2.24) is 4.98 Å². The minimum Gasteiger partial charge on any atom is -0.508 e. The second kappa shape index (κ2) is 7.31. The Bertz CT molecular complexity index is 1260. The van der Waals surface area contributed by atoms with Crippen molar-refractivity contribution in [2.24, 2.45) is 0 Å². The highest BCUT2D eigenvalue weighted by molar-refractivity contribution is 6.05. The van der Waals surface area contributed by atoms with Crippen molar-refractivity contribution in [1.29, 1.82) is 0 Å². The number of H-pyrrole nitrogens is 1. The number of hydrogen-bond donors (Lipinski definition) is 4. The Kier molecular flexibility index (Phi) is 4.56. The van der Waals surface area contributed by atoms with Gasteiger partial charge in [0.2, 0.25) is 11.3 Å². The third-order valence-corrected chi connectivity index (χ3v) is 5.55. The number of aromatic nitrogens is 1. The molecule has 1 aromatic heterocycles. The highest BCUT2D eigenvalue weighted by Crippen LogP contribution is 2.45. The molecule has 0 saturated heterocycles. The third-order valence-electron chi connectivity index (χ3n) is 5.55. The van der Waals surface area contributed by atoms with Crippen LogP contribution in [0.3, 0.4) is 0 Å². The quantitative estimate of drug-likeness (QED) is 0.479. The van der Waals surface area contributed by atoms with E-state index in [2.05, 4.69) is 4.98 Å². The maximum atomic E-state index is 12.7. The topological polar surface area (TPSA) is 138 Å². The van der Waals surface area contributed by atoms with Crippen molar-refractivity contribution >= 4 is 5.78 Å². The van der Waals surface area contributed by atoms with Crippen LogP contribution in [0.1, 0.15) is 40.6 Å². The van der Waals surface area contributed by atoms with Crippen LogP contribution >= 0.6 is 0 Å². The number of phenols is 2. The lowest BCUT2D eigenvalue weighted by molar-refractivity contribution is 0.0189. The predicted molar refractivity (Wildman–Crippen MR) is 110 cm³/mol. The van der Waals surface area contributed by atoms with Crippen LogP contribution in [0.15, 0.2) is 53.5 Å². The maximum Gasteiger partial charge on any atom is 0.247 e. The summed E-state index contributed by atoms with van der Waals surface area (Å²) in [7, 11) is 0. The van der Waals surface area contributed by atoms with Crippen LogP contribution < -0.4 is 19.8 Å². The Morgan fingerprint density at radius 2 is 1.59 bits per heavy atom. The molecule has 4 atom stereocenters. The molecule has 5 rings (SSSR count). The van der Waals surface area contributed by atoms with Crippen LogP contribution in [0, 0.1) is 0 Å². The summed E-state index contributed by atoms with van der Waals surface area (Å²) in [6.07, 6.45) is -1.94. The monoisotopic (exact) mass is 437 g/mol. The van der Waals surface area contributed by atoms with Crippen LogP contribution in [0.4, 0.5) is 0 Å². The van der Waals surface area contributed by atoms with Gasteiger partial charge in [0, 0.05) is 30.0 Å². The molecular weight excluding hydrogens is 418 g/mol. The van der Waals surface area contributed by atoms with Crippen LogP contribution in [-0.2, 0) is 0 Å². The zero-order valence-electron chi connectivity index (χ0n) is 16.8. The molecule has 164 valence electrons. The zero-order chi connectivity index (χ0) is 22.6. The lowest BCUT2D eigenvalue weighted by atomic mass is 9.92. The molecule has 32 heavy (non-hydrogen) atoms. The summed E-state index contributed by atoms with van der Waals surface area (Å²) >= 11 is 0. The summed E-state index contributed by atoms with van der Waals surface area (Å²) in [5.41, 5.74) is 0.746. The lowest BCUT2D eigenvalue weighted by Gasteiger charge is -2.34. The van der Waals surface area contributed by atoms with Crippen molar-refractivity contribution in [3.63, 3.8) is 0 Å². The molecule has 0 saturated carbocycles. The van der Waals surface area contributed by atoms with E-state index in [1.54, 1.807) is 30.5 Å². The number of aromatic amines is 1. The number of nitrogens with one attached hydrogen (secondary N) is 1. The second-order valence-electron chi connectivity index (χ2n) is 7.74. The number of aliphatic hydroxyl groups is 1. The molecule has 0 bridgehead atoms. The molecule has 9 heteroatoms. The van der Waals surface area contributed by atoms with Gasteiger partial charge in [-0.25, -0.2) is 0 Å². The van der Waals surface area contributed by atoms with E-state index in [0.29, 0.717) is 17.1 Å². The first-order valence-electron chi connectivity index (χ1n) is 9.92. The van der Waals surface area contributed by atoms with E-state index in [0.717, 1.165) is 11.6 Å². The van der Waals surface area contributed by atoms with Gasteiger partial charge in [-0.15, -0.1) is 0 Å². The SMILES string of the molecule is CC1Oc2ccc(C3Oc4cc(O)cc(O)c4C(=O)C3O)cc2OC1c1ccc(=O)[nH]c1. The number of hydrogen-bond acceptors (Lipinski definition) is 8. The molecule has 0 spiro atoms. The number of aliphatic hydroxyl groups excluding tert-OH is 1.